The van der Waals surface area contributed by atoms with E-state index in [1.54, 1.807) is 18.3 Å². The van der Waals surface area contributed by atoms with Crippen LogP contribution in [0, 0.1) is 5.82 Å². The Kier molecular flexibility index (Phi) is 5.43. The maximum Gasteiger partial charge on any atom is 0.247 e. The van der Waals surface area contributed by atoms with E-state index in [4.69, 9.17) is 0 Å². The molecule has 0 bridgehead atoms. The number of aromatic nitrogens is 3. The summed E-state index contributed by atoms with van der Waals surface area (Å²) < 4.78 is 12.9. The lowest BCUT2D eigenvalue weighted by Crippen LogP contribution is -2.27. The van der Waals surface area contributed by atoms with Crippen LogP contribution in [-0.4, -0.2) is 28.3 Å². The first-order valence-corrected chi connectivity index (χ1v) is 7.20. The van der Waals surface area contributed by atoms with Gasteiger partial charge < -0.3 is 10.2 Å². The summed E-state index contributed by atoms with van der Waals surface area (Å²) in [6.07, 6.45) is 3.61. The summed E-state index contributed by atoms with van der Waals surface area (Å²) in [5.74, 6) is 0.953. The molecule has 0 fully saturated rings. The van der Waals surface area contributed by atoms with Gasteiger partial charge in [0.1, 0.15) is 5.82 Å². The molecule has 0 atom stereocenters. The number of hydrogen-bond acceptors (Lipinski definition) is 5. The Balaban J connectivity index is 2.14. The number of hydrogen-bond donors (Lipinski definition) is 1. The molecule has 1 aromatic carbocycles. The molecular weight excluding hydrogens is 269 g/mol. The summed E-state index contributed by atoms with van der Waals surface area (Å²) in [5, 5.41) is 11.2. The van der Waals surface area contributed by atoms with E-state index in [1.165, 1.54) is 12.1 Å². The van der Waals surface area contributed by atoms with E-state index >= 15 is 0 Å². The number of nitrogens with one attached hydrogen (secondary N) is 1. The Labute approximate surface area is 124 Å². The van der Waals surface area contributed by atoms with Gasteiger partial charge in [0.2, 0.25) is 5.95 Å². The van der Waals surface area contributed by atoms with Gasteiger partial charge in [0.05, 0.1) is 6.20 Å². The lowest BCUT2D eigenvalue weighted by Gasteiger charge is -2.20. The highest BCUT2D eigenvalue weighted by atomic mass is 19.1. The highest BCUT2D eigenvalue weighted by Gasteiger charge is 2.09. The van der Waals surface area contributed by atoms with Crippen LogP contribution in [0.15, 0.2) is 30.5 Å². The Morgan fingerprint density at radius 2 is 1.76 bits per heavy atom. The smallest absolute Gasteiger partial charge is 0.247 e. The number of rotatable bonds is 7. The minimum absolute atomic E-state index is 0.265. The van der Waals surface area contributed by atoms with Crippen LogP contribution in [0.5, 0.6) is 0 Å². The molecule has 0 amide bonds. The van der Waals surface area contributed by atoms with Crippen LogP contribution >= 0.6 is 0 Å². The van der Waals surface area contributed by atoms with Crippen molar-refractivity contribution >= 4 is 17.5 Å². The standard InChI is InChI=1S/C15H20FN5/c1-3-9-21(10-4-2)15-19-14(11-17-20-15)18-13-7-5-12(16)6-8-13/h5-8,11H,3-4,9-10H2,1-2H3,(H,18,19,20). The Morgan fingerprint density at radius 1 is 1.10 bits per heavy atom. The second kappa shape index (κ2) is 7.52. The summed E-state index contributed by atoms with van der Waals surface area (Å²) in [6.45, 7) is 6.04. The number of anilines is 3. The highest BCUT2D eigenvalue weighted by molar-refractivity contribution is 5.55. The molecule has 2 rings (SSSR count). The quantitative estimate of drug-likeness (QED) is 0.847. The highest BCUT2D eigenvalue weighted by Crippen LogP contribution is 2.16. The Morgan fingerprint density at radius 3 is 2.38 bits per heavy atom. The third-order valence-electron chi connectivity index (χ3n) is 2.93. The second-order valence-electron chi connectivity index (χ2n) is 4.76. The summed E-state index contributed by atoms with van der Waals surface area (Å²) in [5.41, 5.74) is 0.764. The van der Waals surface area contributed by atoms with Crippen LogP contribution in [0.4, 0.5) is 21.8 Å². The zero-order chi connectivity index (χ0) is 15.1. The van der Waals surface area contributed by atoms with E-state index in [0.29, 0.717) is 11.8 Å². The van der Waals surface area contributed by atoms with Crippen LogP contribution in [0.3, 0.4) is 0 Å². The molecule has 0 saturated heterocycles. The molecule has 0 aliphatic heterocycles. The average Bonchev–Trinajstić information content (AvgIpc) is 2.50. The van der Waals surface area contributed by atoms with Crippen LogP contribution in [0.1, 0.15) is 26.7 Å². The fourth-order valence-corrected chi connectivity index (χ4v) is 2.02. The zero-order valence-corrected chi connectivity index (χ0v) is 12.4. The van der Waals surface area contributed by atoms with E-state index in [2.05, 4.69) is 39.2 Å². The van der Waals surface area contributed by atoms with Gasteiger partial charge >= 0.3 is 0 Å². The van der Waals surface area contributed by atoms with Crippen LogP contribution in [0.2, 0.25) is 0 Å². The van der Waals surface area contributed by atoms with E-state index in [9.17, 15) is 4.39 Å². The monoisotopic (exact) mass is 289 g/mol. The van der Waals surface area contributed by atoms with Crippen molar-refractivity contribution in [1.29, 1.82) is 0 Å². The molecule has 0 aliphatic carbocycles. The van der Waals surface area contributed by atoms with Gasteiger partial charge in [-0.1, -0.05) is 13.8 Å². The van der Waals surface area contributed by atoms with Crippen molar-refractivity contribution in [3.05, 3.63) is 36.3 Å². The van der Waals surface area contributed by atoms with Gasteiger partial charge in [-0.3, -0.25) is 0 Å². The third kappa shape index (κ3) is 4.37. The molecule has 0 aliphatic rings. The molecule has 0 saturated carbocycles. The summed E-state index contributed by atoms with van der Waals surface area (Å²) in [7, 11) is 0. The summed E-state index contributed by atoms with van der Waals surface area (Å²) in [6, 6.07) is 6.12. The number of nitrogens with zero attached hydrogens (tertiary/aromatic N) is 4. The van der Waals surface area contributed by atoms with E-state index in [-0.39, 0.29) is 5.82 Å². The molecule has 21 heavy (non-hydrogen) atoms. The average molecular weight is 289 g/mol. The molecule has 6 heteroatoms. The van der Waals surface area contributed by atoms with Crippen molar-refractivity contribution in [3.8, 4) is 0 Å². The maximum absolute atomic E-state index is 12.9. The van der Waals surface area contributed by atoms with Crippen molar-refractivity contribution in [2.75, 3.05) is 23.3 Å². The van der Waals surface area contributed by atoms with Crippen LogP contribution in [-0.2, 0) is 0 Å². The first kappa shape index (κ1) is 15.2. The van der Waals surface area contributed by atoms with E-state index < -0.39 is 0 Å². The third-order valence-corrected chi connectivity index (χ3v) is 2.93. The van der Waals surface area contributed by atoms with Gasteiger partial charge in [-0.2, -0.15) is 10.1 Å². The molecule has 0 spiro atoms. The first-order chi connectivity index (χ1) is 10.2. The molecule has 0 radical (unpaired) electrons. The number of halogens is 1. The van der Waals surface area contributed by atoms with Gasteiger partial charge in [-0.05, 0) is 37.1 Å². The van der Waals surface area contributed by atoms with Gasteiger partial charge in [0.25, 0.3) is 0 Å². The minimum Gasteiger partial charge on any atom is -0.339 e. The van der Waals surface area contributed by atoms with Crippen molar-refractivity contribution in [2.45, 2.75) is 26.7 Å². The second-order valence-corrected chi connectivity index (χ2v) is 4.76. The molecule has 0 unspecified atom stereocenters. The summed E-state index contributed by atoms with van der Waals surface area (Å²) in [4.78, 5) is 6.59. The van der Waals surface area contributed by atoms with E-state index in [1.807, 2.05) is 0 Å². The maximum atomic E-state index is 12.9. The minimum atomic E-state index is -0.265. The first-order valence-electron chi connectivity index (χ1n) is 7.20. The molecule has 5 nitrogen and oxygen atoms in total. The lowest BCUT2D eigenvalue weighted by atomic mass is 10.3. The van der Waals surface area contributed by atoms with Crippen LogP contribution in [0.25, 0.3) is 0 Å². The topological polar surface area (TPSA) is 53.9 Å². The largest absolute Gasteiger partial charge is 0.339 e. The molecule has 112 valence electrons. The molecule has 1 N–H and O–H groups in total. The van der Waals surface area contributed by atoms with Gasteiger partial charge in [-0.15, -0.1) is 5.10 Å². The Bertz CT molecular complexity index is 552. The molecule has 2 aromatic rings. The van der Waals surface area contributed by atoms with Crippen molar-refractivity contribution < 1.29 is 4.39 Å². The van der Waals surface area contributed by atoms with E-state index in [0.717, 1.165) is 31.6 Å². The lowest BCUT2D eigenvalue weighted by molar-refractivity contribution is 0.628. The SMILES string of the molecule is CCCN(CCC)c1nncc(Nc2ccc(F)cc2)n1. The summed E-state index contributed by atoms with van der Waals surface area (Å²) >= 11 is 0. The predicted octanol–water partition coefficient (Wildman–Crippen LogP) is 3.38. The van der Waals surface area contributed by atoms with Gasteiger partial charge in [-0.25, -0.2) is 4.39 Å². The molecule has 1 heterocycles. The molecule has 1 aromatic heterocycles. The van der Waals surface area contributed by atoms with Gasteiger partial charge in [0.15, 0.2) is 5.82 Å². The van der Waals surface area contributed by atoms with Crippen molar-refractivity contribution in [3.63, 3.8) is 0 Å². The predicted molar refractivity (Wildman–Crippen MR) is 82.3 cm³/mol. The fraction of sp³-hybridized carbons (Fsp3) is 0.400. The molecular formula is C15H20FN5. The van der Waals surface area contributed by atoms with Crippen molar-refractivity contribution in [1.82, 2.24) is 15.2 Å². The fourth-order valence-electron chi connectivity index (χ4n) is 2.02. The normalized spacial score (nSPS) is 10.4. The van der Waals surface area contributed by atoms with Crippen molar-refractivity contribution in [2.24, 2.45) is 0 Å². The van der Waals surface area contributed by atoms with Crippen LogP contribution < -0.4 is 10.2 Å². The Hall–Kier alpha value is -2.24. The number of benzene rings is 1. The zero-order valence-electron chi connectivity index (χ0n) is 12.4. The van der Waals surface area contributed by atoms with Gasteiger partial charge in [0, 0.05) is 18.8 Å².